The predicted molar refractivity (Wildman–Crippen MR) is 96.1 cm³/mol. The van der Waals surface area contributed by atoms with Gasteiger partial charge in [-0.15, -0.1) is 0 Å². The van der Waals surface area contributed by atoms with Crippen LogP contribution in [0.25, 0.3) is 16.9 Å². The minimum absolute atomic E-state index is 0.0497. The summed E-state index contributed by atoms with van der Waals surface area (Å²) in [6.45, 7) is 1.87. The van der Waals surface area contributed by atoms with E-state index < -0.39 is 0 Å². The zero-order valence-electron chi connectivity index (χ0n) is 12.5. The number of halogens is 1. The number of carbonyl (C=O) groups is 1. The molecule has 2 heterocycles. The summed E-state index contributed by atoms with van der Waals surface area (Å²) in [4.78, 5) is 15.9. The summed E-state index contributed by atoms with van der Waals surface area (Å²) >= 11 is 1.82. The van der Waals surface area contributed by atoms with E-state index in [2.05, 4.69) is 4.98 Å². The van der Waals surface area contributed by atoms with E-state index in [1.54, 1.807) is 12.3 Å². The first-order valence-corrected chi connectivity index (χ1v) is 8.10. The Balaban J connectivity index is 2.07. The highest BCUT2D eigenvalue weighted by atomic mass is 127. The molecule has 0 fully saturated rings. The quantitative estimate of drug-likeness (QED) is 0.562. The number of rotatable bonds is 6. The number of aromatic nitrogens is 2. The van der Waals surface area contributed by atoms with Crippen LogP contribution in [0.4, 0.5) is 0 Å². The van der Waals surface area contributed by atoms with E-state index >= 15 is 0 Å². The van der Waals surface area contributed by atoms with Gasteiger partial charge in [-0.2, -0.15) is 0 Å². The third-order valence-corrected chi connectivity index (χ3v) is 4.04. The van der Waals surface area contributed by atoms with Crippen molar-refractivity contribution >= 4 is 34.4 Å². The molecule has 0 spiro atoms. The number of fused-ring (bicyclic) bond motifs is 1. The first-order chi connectivity index (χ1) is 11.2. The fourth-order valence-electron chi connectivity index (χ4n) is 2.31. The molecule has 0 amide bonds. The second kappa shape index (κ2) is 6.99. The summed E-state index contributed by atoms with van der Waals surface area (Å²) in [5, 5.41) is 0. The molecule has 6 heteroatoms. The normalized spacial score (nSPS) is 10.7. The highest BCUT2D eigenvalue weighted by molar-refractivity contribution is 14.1. The Kier molecular flexibility index (Phi) is 4.80. The molecule has 23 heavy (non-hydrogen) atoms. The lowest BCUT2D eigenvalue weighted by Crippen LogP contribution is -2.10. The van der Waals surface area contributed by atoms with Crippen molar-refractivity contribution < 1.29 is 12.6 Å². The lowest BCUT2D eigenvalue weighted by molar-refractivity contribution is -0.120. The van der Waals surface area contributed by atoms with Gasteiger partial charge in [0.15, 0.2) is 28.8 Å². The molecule has 118 valence electrons. The number of imidazole rings is 1. The average Bonchev–Trinajstić information content (AvgIpc) is 3.08. The van der Waals surface area contributed by atoms with E-state index in [1.165, 1.54) is 0 Å². The zero-order chi connectivity index (χ0) is 16.2. The smallest absolute Gasteiger partial charge is 0.192 e. The van der Waals surface area contributed by atoms with Crippen LogP contribution in [0.2, 0.25) is 0 Å². The number of pyridine rings is 1. The first kappa shape index (κ1) is 15.8. The summed E-state index contributed by atoms with van der Waals surface area (Å²) in [5.74, 6) is 1.34. The molecular formula is C17H15IN2O3. The fourth-order valence-corrected chi connectivity index (χ4v) is 2.58. The SMILES string of the molecule is CCC(=O)COc1cc(OI)ccc1-c1cccc2nccn12. The van der Waals surface area contributed by atoms with Crippen molar-refractivity contribution in [2.24, 2.45) is 0 Å². The van der Waals surface area contributed by atoms with Gasteiger partial charge in [-0.3, -0.25) is 9.20 Å². The van der Waals surface area contributed by atoms with E-state index in [-0.39, 0.29) is 12.4 Å². The van der Waals surface area contributed by atoms with Gasteiger partial charge in [0.25, 0.3) is 0 Å². The molecule has 2 aromatic heterocycles. The molecule has 0 aliphatic heterocycles. The number of ketones is 1. The molecule has 3 rings (SSSR count). The van der Waals surface area contributed by atoms with Crippen LogP contribution in [0, 0.1) is 0 Å². The Bertz CT molecular complexity index is 845. The number of nitrogens with zero attached hydrogens (tertiary/aromatic N) is 2. The van der Waals surface area contributed by atoms with Gasteiger partial charge in [-0.1, -0.05) is 13.0 Å². The van der Waals surface area contributed by atoms with Crippen LogP contribution >= 0.6 is 23.0 Å². The third kappa shape index (κ3) is 3.31. The van der Waals surface area contributed by atoms with E-state index in [9.17, 15) is 4.79 Å². The van der Waals surface area contributed by atoms with Crippen molar-refractivity contribution in [1.29, 1.82) is 0 Å². The van der Waals surface area contributed by atoms with Crippen molar-refractivity contribution in [3.05, 3.63) is 48.8 Å². The summed E-state index contributed by atoms with van der Waals surface area (Å²) in [7, 11) is 0. The average molecular weight is 422 g/mol. The number of benzene rings is 1. The van der Waals surface area contributed by atoms with E-state index in [1.807, 2.05) is 70.9 Å². The molecule has 5 nitrogen and oxygen atoms in total. The van der Waals surface area contributed by atoms with Crippen LogP contribution in [0.15, 0.2) is 48.8 Å². The number of ether oxygens (including phenoxy) is 1. The third-order valence-electron chi connectivity index (χ3n) is 3.53. The summed E-state index contributed by atoms with van der Waals surface area (Å²) < 4.78 is 13.0. The summed E-state index contributed by atoms with van der Waals surface area (Å²) in [6.07, 6.45) is 4.10. The van der Waals surface area contributed by atoms with E-state index in [4.69, 9.17) is 7.80 Å². The van der Waals surface area contributed by atoms with Gasteiger partial charge >= 0.3 is 0 Å². The highest BCUT2D eigenvalue weighted by Gasteiger charge is 2.13. The molecule has 1 aromatic carbocycles. The maximum Gasteiger partial charge on any atom is 0.192 e. The molecular weight excluding hydrogens is 407 g/mol. The molecule has 0 aliphatic carbocycles. The van der Waals surface area contributed by atoms with Gasteiger partial charge in [0, 0.05) is 30.4 Å². The topological polar surface area (TPSA) is 52.8 Å². The molecule has 0 bridgehead atoms. The Labute approximate surface area is 147 Å². The second-order valence-corrected chi connectivity index (χ2v) is 5.42. The van der Waals surface area contributed by atoms with Gasteiger partial charge in [0.05, 0.1) is 5.69 Å². The fraction of sp³-hybridized carbons (Fsp3) is 0.176. The monoisotopic (exact) mass is 422 g/mol. The molecule has 0 unspecified atom stereocenters. The number of hydrogen-bond acceptors (Lipinski definition) is 4. The summed E-state index contributed by atoms with van der Waals surface area (Å²) in [6, 6.07) is 11.5. The van der Waals surface area contributed by atoms with Gasteiger partial charge in [-0.05, 0) is 24.3 Å². The van der Waals surface area contributed by atoms with Gasteiger partial charge in [-0.25, -0.2) is 4.98 Å². The number of Topliss-reactive ketones (excluding diaryl/α,β-unsaturated/α-hetero) is 1. The zero-order valence-corrected chi connectivity index (χ0v) is 14.7. The van der Waals surface area contributed by atoms with Crippen LogP contribution in [0.3, 0.4) is 0 Å². The van der Waals surface area contributed by atoms with Crippen molar-refractivity contribution in [2.75, 3.05) is 6.61 Å². The lowest BCUT2D eigenvalue weighted by atomic mass is 10.1. The standard InChI is InChI=1S/C17H15IN2O3/c1-2-12(21)11-22-16-10-13(23-18)6-7-14(16)15-4-3-5-17-19-8-9-20(15)17/h3-10H,2,11H2,1H3. The predicted octanol–water partition coefficient (Wildman–Crippen LogP) is 4.09. The van der Waals surface area contributed by atoms with Crippen LogP contribution in [-0.4, -0.2) is 21.8 Å². The molecule has 0 atom stereocenters. The van der Waals surface area contributed by atoms with Crippen LogP contribution < -0.4 is 7.80 Å². The lowest BCUT2D eigenvalue weighted by Gasteiger charge is -2.13. The van der Waals surface area contributed by atoms with E-state index in [0.29, 0.717) is 17.9 Å². The molecule has 0 N–H and O–H groups in total. The highest BCUT2D eigenvalue weighted by Crippen LogP contribution is 2.34. The number of hydrogen-bond donors (Lipinski definition) is 0. The van der Waals surface area contributed by atoms with E-state index in [0.717, 1.165) is 16.9 Å². The van der Waals surface area contributed by atoms with Crippen molar-refractivity contribution in [1.82, 2.24) is 9.38 Å². The Morgan fingerprint density at radius 1 is 1.30 bits per heavy atom. The molecule has 0 aliphatic rings. The van der Waals surface area contributed by atoms with Gasteiger partial charge in [0.2, 0.25) is 0 Å². The van der Waals surface area contributed by atoms with Crippen molar-refractivity contribution in [2.45, 2.75) is 13.3 Å². The molecule has 0 radical (unpaired) electrons. The molecule has 0 saturated heterocycles. The van der Waals surface area contributed by atoms with Gasteiger partial charge < -0.3 is 7.80 Å². The maximum absolute atomic E-state index is 11.6. The van der Waals surface area contributed by atoms with Crippen LogP contribution in [-0.2, 0) is 4.79 Å². The minimum Gasteiger partial charge on any atom is -0.485 e. The Hall–Kier alpha value is -2.09. The molecule has 3 aromatic rings. The summed E-state index contributed by atoms with van der Waals surface area (Å²) in [5.41, 5.74) is 2.68. The Morgan fingerprint density at radius 3 is 2.96 bits per heavy atom. The Morgan fingerprint density at radius 2 is 2.17 bits per heavy atom. The first-order valence-electron chi connectivity index (χ1n) is 7.22. The van der Waals surface area contributed by atoms with Crippen LogP contribution in [0.1, 0.15) is 13.3 Å². The largest absolute Gasteiger partial charge is 0.485 e. The molecule has 0 saturated carbocycles. The second-order valence-electron chi connectivity index (χ2n) is 4.98. The van der Waals surface area contributed by atoms with Crippen LogP contribution in [0.5, 0.6) is 11.5 Å². The van der Waals surface area contributed by atoms with Gasteiger partial charge in [0.1, 0.15) is 23.8 Å². The maximum atomic E-state index is 11.6. The van der Waals surface area contributed by atoms with Crippen molar-refractivity contribution in [3.8, 4) is 22.8 Å². The number of carbonyl (C=O) groups excluding carboxylic acids is 1. The minimum atomic E-state index is 0.0497. The van der Waals surface area contributed by atoms with Crippen molar-refractivity contribution in [3.63, 3.8) is 0 Å².